The van der Waals surface area contributed by atoms with Crippen LogP contribution in [0.3, 0.4) is 0 Å². The lowest BCUT2D eigenvalue weighted by molar-refractivity contribution is 0.141. The second-order valence-electron chi connectivity index (χ2n) is 7.05. The molecule has 2 unspecified atom stereocenters. The Hall–Kier alpha value is -1.62. The minimum Gasteiger partial charge on any atom is -0.491 e. The van der Waals surface area contributed by atoms with Gasteiger partial charge in [0, 0.05) is 5.41 Å². The van der Waals surface area contributed by atoms with Gasteiger partial charge in [0.2, 0.25) is 0 Å². The summed E-state index contributed by atoms with van der Waals surface area (Å²) in [5.41, 5.74) is 2.44. The van der Waals surface area contributed by atoms with Crippen molar-refractivity contribution in [3.8, 4) is 5.75 Å². The predicted octanol–water partition coefficient (Wildman–Crippen LogP) is 3.66. The van der Waals surface area contributed by atoms with Crippen LogP contribution in [0.15, 0.2) is 48.1 Å². The lowest BCUT2D eigenvalue weighted by Crippen LogP contribution is -2.19. The first-order chi connectivity index (χ1) is 12.1. The summed E-state index contributed by atoms with van der Waals surface area (Å²) in [6.45, 7) is 10.1. The van der Waals surface area contributed by atoms with E-state index in [1.165, 1.54) is 11.1 Å². The maximum Gasteiger partial charge on any atom is 0.119 e. The second-order valence-corrected chi connectivity index (χ2v) is 7.05. The molecule has 0 bridgehead atoms. The van der Waals surface area contributed by atoms with E-state index >= 15 is 0 Å². The van der Waals surface area contributed by atoms with Crippen LogP contribution in [0.1, 0.15) is 26.3 Å². The SMILES string of the molecule is C/C=C(\C=C/COCC1CO1)C(C)(C)c1ccc(OCC2CO2)cc1. The van der Waals surface area contributed by atoms with E-state index in [0.717, 1.165) is 19.0 Å². The topological polar surface area (TPSA) is 43.5 Å². The molecule has 2 saturated heterocycles. The fourth-order valence-corrected chi connectivity index (χ4v) is 2.76. The zero-order valence-corrected chi connectivity index (χ0v) is 15.4. The van der Waals surface area contributed by atoms with Gasteiger partial charge >= 0.3 is 0 Å². The van der Waals surface area contributed by atoms with Crippen LogP contribution >= 0.6 is 0 Å². The molecule has 1 aromatic carbocycles. The maximum absolute atomic E-state index is 5.72. The molecule has 2 aliphatic heterocycles. The molecular weight excluding hydrogens is 316 g/mol. The highest BCUT2D eigenvalue weighted by Crippen LogP contribution is 2.33. The molecule has 0 saturated carbocycles. The van der Waals surface area contributed by atoms with Gasteiger partial charge in [-0.05, 0) is 30.2 Å². The first kappa shape index (κ1) is 18.2. The van der Waals surface area contributed by atoms with Crippen molar-refractivity contribution in [1.82, 2.24) is 0 Å². The Morgan fingerprint density at radius 1 is 1.12 bits per heavy atom. The van der Waals surface area contributed by atoms with E-state index in [2.05, 4.69) is 51.1 Å². The van der Waals surface area contributed by atoms with Crippen LogP contribution in [0.2, 0.25) is 0 Å². The Labute approximate surface area is 150 Å². The molecule has 0 aliphatic carbocycles. The number of hydrogen-bond acceptors (Lipinski definition) is 4. The van der Waals surface area contributed by atoms with E-state index in [1.54, 1.807) is 0 Å². The predicted molar refractivity (Wildman–Crippen MR) is 98.2 cm³/mol. The highest BCUT2D eigenvalue weighted by molar-refractivity contribution is 5.42. The minimum absolute atomic E-state index is 0.0804. The van der Waals surface area contributed by atoms with Gasteiger partial charge in [0.1, 0.15) is 24.6 Å². The van der Waals surface area contributed by atoms with E-state index in [9.17, 15) is 0 Å². The zero-order valence-electron chi connectivity index (χ0n) is 15.4. The number of rotatable bonds is 10. The number of allylic oxidation sites excluding steroid dienone is 3. The summed E-state index contributed by atoms with van der Waals surface area (Å²) in [7, 11) is 0. The fraction of sp³-hybridized carbons (Fsp3) is 0.524. The number of benzene rings is 1. The van der Waals surface area contributed by atoms with Crippen molar-refractivity contribution in [1.29, 1.82) is 0 Å². The molecule has 0 N–H and O–H groups in total. The van der Waals surface area contributed by atoms with E-state index in [0.29, 0.717) is 25.9 Å². The van der Waals surface area contributed by atoms with Gasteiger partial charge in [-0.15, -0.1) is 0 Å². The monoisotopic (exact) mass is 344 g/mol. The molecule has 4 heteroatoms. The zero-order chi connectivity index (χ0) is 17.7. The molecule has 2 atom stereocenters. The van der Waals surface area contributed by atoms with Crippen molar-refractivity contribution in [2.24, 2.45) is 0 Å². The Balaban J connectivity index is 1.55. The van der Waals surface area contributed by atoms with Crippen LogP contribution in [0.5, 0.6) is 5.75 Å². The van der Waals surface area contributed by atoms with Crippen molar-refractivity contribution in [2.45, 2.75) is 38.4 Å². The molecule has 136 valence electrons. The van der Waals surface area contributed by atoms with Crippen molar-refractivity contribution in [2.75, 3.05) is 33.0 Å². The van der Waals surface area contributed by atoms with E-state index < -0.39 is 0 Å². The summed E-state index contributed by atoms with van der Waals surface area (Å²) in [6.07, 6.45) is 6.99. The van der Waals surface area contributed by atoms with Crippen molar-refractivity contribution >= 4 is 0 Å². The number of epoxide rings is 2. The average molecular weight is 344 g/mol. The van der Waals surface area contributed by atoms with Crippen molar-refractivity contribution < 1.29 is 18.9 Å². The number of ether oxygens (including phenoxy) is 4. The molecule has 2 heterocycles. The quantitative estimate of drug-likeness (QED) is 0.369. The van der Waals surface area contributed by atoms with Crippen LogP contribution in [-0.4, -0.2) is 45.2 Å². The fourth-order valence-electron chi connectivity index (χ4n) is 2.76. The van der Waals surface area contributed by atoms with Gasteiger partial charge in [-0.3, -0.25) is 0 Å². The maximum atomic E-state index is 5.72. The van der Waals surface area contributed by atoms with Gasteiger partial charge in [-0.2, -0.15) is 0 Å². The van der Waals surface area contributed by atoms with Crippen LogP contribution < -0.4 is 4.74 Å². The van der Waals surface area contributed by atoms with Gasteiger partial charge in [0.05, 0.1) is 26.4 Å². The third-order valence-corrected chi connectivity index (χ3v) is 4.66. The Morgan fingerprint density at radius 2 is 1.76 bits per heavy atom. The lowest BCUT2D eigenvalue weighted by atomic mass is 9.77. The summed E-state index contributed by atoms with van der Waals surface area (Å²) in [5, 5.41) is 0. The molecule has 0 aromatic heterocycles. The first-order valence-electron chi connectivity index (χ1n) is 8.97. The molecule has 2 aliphatic rings. The molecule has 0 amide bonds. The summed E-state index contributed by atoms with van der Waals surface area (Å²) in [5.74, 6) is 0.892. The standard InChI is InChI=1S/C21H28O4/c1-4-16(6-5-11-22-12-19-13-24-19)21(2,3)17-7-9-18(10-8-17)23-14-20-15-25-20/h4-10,19-20H,11-15H2,1-3H3/b6-5-,16-4+. The summed E-state index contributed by atoms with van der Waals surface area (Å²) in [6, 6.07) is 8.35. The second kappa shape index (κ2) is 8.17. The van der Waals surface area contributed by atoms with Crippen LogP contribution in [0.4, 0.5) is 0 Å². The average Bonchev–Trinajstić information content (AvgIpc) is 3.51. The van der Waals surface area contributed by atoms with Gasteiger partial charge < -0.3 is 18.9 Å². The molecule has 0 radical (unpaired) electrons. The van der Waals surface area contributed by atoms with Crippen LogP contribution in [0, 0.1) is 0 Å². The van der Waals surface area contributed by atoms with Gasteiger partial charge in [-0.25, -0.2) is 0 Å². The summed E-state index contributed by atoms with van der Waals surface area (Å²) in [4.78, 5) is 0. The highest BCUT2D eigenvalue weighted by atomic mass is 16.6. The van der Waals surface area contributed by atoms with E-state index in [-0.39, 0.29) is 11.5 Å². The molecule has 1 aromatic rings. The lowest BCUT2D eigenvalue weighted by Gasteiger charge is -2.27. The summed E-state index contributed by atoms with van der Waals surface area (Å²) >= 11 is 0. The molecule has 4 nitrogen and oxygen atoms in total. The molecule has 2 fully saturated rings. The smallest absolute Gasteiger partial charge is 0.119 e. The highest BCUT2D eigenvalue weighted by Gasteiger charge is 2.25. The molecule has 0 spiro atoms. The van der Waals surface area contributed by atoms with Crippen LogP contribution in [0.25, 0.3) is 0 Å². The molecular formula is C21H28O4. The van der Waals surface area contributed by atoms with Crippen molar-refractivity contribution in [3.63, 3.8) is 0 Å². The largest absolute Gasteiger partial charge is 0.491 e. The van der Waals surface area contributed by atoms with Gasteiger partial charge in [0.25, 0.3) is 0 Å². The van der Waals surface area contributed by atoms with E-state index in [1.807, 2.05) is 12.1 Å². The minimum atomic E-state index is -0.0804. The molecule has 3 rings (SSSR count). The Kier molecular flexibility index (Phi) is 5.94. The van der Waals surface area contributed by atoms with Crippen molar-refractivity contribution in [3.05, 3.63) is 53.6 Å². The number of hydrogen-bond donors (Lipinski definition) is 0. The first-order valence-corrected chi connectivity index (χ1v) is 8.97. The van der Waals surface area contributed by atoms with Crippen LogP contribution in [-0.2, 0) is 19.6 Å². The third kappa shape index (κ3) is 5.43. The molecule has 25 heavy (non-hydrogen) atoms. The normalized spacial score (nSPS) is 23.1. The summed E-state index contributed by atoms with van der Waals surface area (Å²) < 4.78 is 21.6. The van der Waals surface area contributed by atoms with Gasteiger partial charge in [-0.1, -0.05) is 44.2 Å². The Bertz CT molecular complexity index is 607. The van der Waals surface area contributed by atoms with E-state index in [4.69, 9.17) is 18.9 Å². The third-order valence-electron chi connectivity index (χ3n) is 4.66. The Morgan fingerprint density at radius 3 is 2.36 bits per heavy atom. The van der Waals surface area contributed by atoms with Gasteiger partial charge in [0.15, 0.2) is 0 Å².